The van der Waals surface area contributed by atoms with Crippen molar-refractivity contribution in [2.24, 2.45) is 0 Å². The van der Waals surface area contributed by atoms with Crippen molar-refractivity contribution in [3.05, 3.63) is 35.9 Å². The molecule has 3 rings (SSSR count). The summed E-state index contributed by atoms with van der Waals surface area (Å²) in [6.45, 7) is 4.24. The molecule has 3 atom stereocenters. The van der Waals surface area contributed by atoms with E-state index in [-0.39, 0.29) is 29.6 Å². The van der Waals surface area contributed by atoms with Crippen LogP contribution in [0.15, 0.2) is 30.4 Å². The van der Waals surface area contributed by atoms with Gasteiger partial charge in [-0.05, 0) is 24.6 Å². The Morgan fingerprint density at radius 1 is 1.43 bits per heavy atom. The van der Waals surface area contributed by atoms with Crippen molar-refractivity contribution in [3.63, 3.8) is 0 Å². The minimum atomic E-state index is -4.34. The fourth-order valence-electron chi connectivity index (χ4n) is 3.12. The molecule has 1 aromatic rings. The van der Waals surface area contributed by atoms with Crippen molar-refractivity contribution < 1.29 is 22.8 Å². The standard InChI is InChI=1S/C14H18N2O5S.Na.H/c1-8-5-12-13(22(18,19)20)15-11-4-3-9(21-2)6-10(11)14(17)16(12)7-8;;/h3-4,6,12-15,17H,1,5,7H2,2H3,(H,18,19,20);;. The number of hydrogen-bond donors (Lipinski definition) is 3. The Morgan fingerprint density at radius 2 is 2.13 bits per heavy atom. The van der Waals surface area contributed by atoms with Crippen LogP contribution >= 0.6 is 0 Å². The van der Waals surface area contributed by atoms with Crippen LogP contribution in [0.3, 0.4) is 0 Å². The van der Waals surface area contributed by atoms with Crippen LogP contribution in [0.5, 0.6) is 5.75 Å². The second-order valence-electron chi connectivity index (χ2n) is 5.60. The van der Waals surface area contributed by atoms with Gasteiger partial charge < -0.3 is 15.2 Å². The van der Waals surface area contributed by atoms with Gasteiger partial charge in [-0.25, -0.2) is 0 Å². The maximum absolute atomic E-state index is 11.8. The number of methoxy groups -OCH3 is 1. The van der Waals surface area contributed by atoms with E-state index in [0.29, 0.717) is 30.0 Å². The van der Waals surface area contributed by atoms with E-state index in [9.17, 15) is 18.1 Å². The molecule has 0 bridgehead atoms. The van der Waals surface area contributed by atoms with Crippen LogP contribution in [0.1, 0.15) is 18.2 Å². The molecule has 1 fully saturated rings. The Bertz CT molecular complexity index is 724. The fraction of sp³-hybridized carbons (Fsp3) is 0.429. The molecular weight excluding hydrogens is 331 g/mol. The quantitative estimate of drug-likeness (QED) is 0.401. The topological polar surface area (TPSA) is 99.1 Å². The minimum absolute atomic E-state index is 0. The van der Waals surface area contributed by atoms with Crippen LogP contribution in [0, 0.1) is 0 Å². The summed E-state index contributed by atoms with van der Waals surface area (Å²) in [6.07, 6.45) is -0.617. The van der Waals surface area contributed by atoms with Crippen LogP contribution < -0.4 is 10.1 Å². The second kappa shape index (κ2) is 6.72. The zero-order valence-corrected chi connectivity index (χ0v) is 12.9. The van der Waals surface area contributed by atoms with E-state index >= 15 is 0 Å². The first-order chi connectivity index (χ1) is 10.3. The number of rotatable bonds is 2. The number of aliphatic hydroxyl groups is 1. The zero-order chi connectivity index (χ0) is 16.1. The summed E-state index contributed by atoms with van der Waals surface area (Å²) in [4.78, 5) is 1.62. The number of ether oxygens (including phenoxy) is 1. The Kier molecular flexibility index (Phi) is 5.47. The van der Waals surface area contributed by atoms with Crippen molar-refractivity contribution in [3.8, 4) is 5.75 Å². The summed E-state index contributed by atoms with van der Waals surface area (Å²) in [5.41, 5.74) is 1.77. The first-order valence-electron chi connectivity index (χ1n) is 6.82. The second-order valence-corrected chi connectivity index (χ2v) is 7.14. The van der Waals surface area contributed by atoms with E-state index in [1.807, 2.05) is 0 Å². The molecule has 3 N–H and O–H groups in total. The molecule has 23 heavy (non-hydrogen) atoms. The number of nitrogens with zero attached hydrogens (tertiary/aromatic N) is 1. The molecular formula is C14H19N2NaO5S. The summed E-state index contributed by atoms with van der Waals surface area (Å²) in [6, 6.07) is 4.36. The van der Waals surface area contributed by atoms with Gasteiger partial charge in [0, 0.05) is 17.8 Å². The number of anilines is 1. The van der Waals surface area contributed by atoms with Gasteiger partial charge in [0.05, 0.1) is 13.2 Å². The first-order valence-corrected chi connectivity index (χ1v) is 8.33. The van der Waals surface area contributed by atoms with Gasteiger partial charge in [0.2, 0.25) is 0 Å². The molecule has 0 spiro atoms. The number of nitrogens with one attached hydrogen (secondary N) is 1. The first kappa shape index (κ1) is 18.7. The average molecular weight is 350 g/mol. The van der Waals surface area contributed by atoms with Crippen molar-refractivity contribution in [2.45, 2.75) is 24.1 Å². The molecule has 2 heterocycles. The third-order valence-electron chi connectivity index (χ3n) is 4.15. The summed E-state index contributed by atoms with van der Waals surface area (Å²) >= 11 is 0. The molecule has 7 nitrogen and oxygen atoms in total. The van der Waals surface area contributed by atoms with Gasteiger partial charge >= 0.3 is 29.6 Å². The Morgan fingerprint density at radius 3 is 2.74 bits per heavy atom. The van der Waals surface area contributed by atoms with Crippen LogP contribution in [0.2, 0.25) is 0 Å². The molecule has 0 saturated carbocycles. The van der Waals surface area contributed by atoms with Crippen molar-refractivity contribution in [1.82, 2.24) is 4.90 Å². The van der Waals surface area contributed by atoms with Crippen molar-refractivity contribution in [1.29, 1.82) is 0 Å². The summed E-state index contributed by atoms with van der Waals surface area (Å²) in [5, 5.41) is 12.3. The van der Waals surface area contributed by atoms with Gasteiger partial charge in [-0.1, -0.05) is 12.2 Å². The molecule has 1 aromatic carbocycles. The molecule has 2 aliphatic rings. The van der Waals surface area contributed by atoms with Gasteiger partial charge in [-0.2, -0.15) is 8.42 Å². The summed E-state index contributed by atoms with van der Waals surface area (Å²) < 4.78 is 38.2. The maximum atomic E-state index is 11.8. The number of hydrogen-bond acceptors (Lipinski definition) is 6. The van der Waals surface area contributed by atoms with Crippen LogP contribution in [0.25, 0.3) is 0 Å². The molecule has 0 radical (unpaired) electrons. The SMILES string of the molecule is C=C1CC2C(S(=O)(=O)O)Nc3ccc(OC)cc3C(O)N2C1.[NaH]. The third kappa shape index (κ3) is 3.43. The van der Waals surface area contributed by atoms with E-state index in [4.69, 9.17) is 4.74 Å². The Labute approximate surface area is 157 Å². The van der Waals surface area contributed by atoms with Crippen molar-refractivity contribution >= 4 is 45.4 Å². The number of aliphatic hydroxyl groups excluding tert-OH is 1. The normalized spacial score (nSPS) is 27.3. The van der Waals surface area contributed by atoms with Crippen molar-refractivity contribution in [2.75, 3.05) is 19.0 Å². The van der Waals surface area contributed by atoms with Gasteiger partial charge in [-0.15, -0.1) is 0 Å². The monoisotopic (exact) mass is 350 g/mol. The van der Waals surface area contributed by atoms with Gasteiger partial charge in [0.1, 0.15) is 12.0 Å². The Balaban J connectivity index is 0.00000192. The van der Waals surface area contributed by atoms with Gasteiger partial charge in [-0.3, -0.25) is 9.45 Å². The predicted molar refractivity (Wildman–Crippen MR) is 88.3 cm³/mol. The van der Waals surface area contributed by atoms with E-state index in [2.05, 4.69) is 11.9 Å². The zero-order valence-electron chi connectivity index (χ0n) is 12.1. The van der Waals surface area contributed by atoms with Crippen LogP contribution in [-0.2, 0) is 10.1 Å². The van der Waals surface area contributed by atoms with Gasteiger partial charge in [0.15, 0.2) is 5.37 Å². The van der Waals surface area contributed by atoms with E-state index in [1.54, 1.807) is 23.1 Å². The van der Waals surface area contributed by atoms with E-state index in [1.165, 1.54) is 7.11 Å². The number of fused-ring (bicyclic) bond motifs is 2. The average Bonchev–Trinajstić information content (AvgIpc) is 2.79. The number of benzene rings is 1. The van der Waals surface area contributed by atoms with Crippen LogP contribution in [-0.4, -0.2) is 77.6 Å². The molecule has 3 unspecified atom stereocenters. The summed E-state index contributed by atoms with van der Waals surface area (Å²) in [5.74, 6) is 0.555. The molecule has 0 amide bonds. The fourth-order valence-corrected chi connectivity index (χ4v) is 4.04. The molecule has 0 aromatic heterocycles. The summed E-state index contributed by atoms with van der Waals surface area (Å²) in [7, 11) is -2.83. The molecule has 2 aliphatic heterocycles. The van der Waals surface area contributed by atoms with Crippen LogP contribution in [0.4, 0.5) is 5.69 Å². The third-order valence-corrected chi connectivity index (χ3v) is 5.22. The molecule has 1 saturated heterocycles. The van der Waals surface area contributed by atoms with Gasteiger partial charge in [0.25, 0.3) is 10.1 Å². The van der Waals surface area contributed by atoms with E-state index < -0.39 is 27.8 Å². The predicted octanol–water partition coefficient (Wildman–Crippen LogP) is 0.307. The Hall–Kier alpha value is -0.610. The van der Waals surface area contributed by atoms with E-state index in [0.717, 1.165) is 5.57 Å². The molecule has 9 heteroatoms. The molecule has 122 valence electrons. The molecule has 0 aliphatic carbocycles.